The van der Waals surface area contributed by atoms with Gasteiger partial charge in [-0.1, -0.05) is 36.7 Å². The van der Waals surface area contributed by atoms with E-state index in [4.69, 9.17) is 0 Å². The fourth-order valence-corrected chi connectivity index (χ4v) is 2.29. The number of carbonyl (C=O) groups is 1. The molecule has 1 aliphatic rings. The van der Waals surface area contributed by atoms with Crippen LogP contribution in [-0.4, -0.2) is 16.8 Å². The molecule has 0 spiro atoms. The zero-order valence-corrected chi connectivity index (χ0v) is 11.5. The van der Waals surface area contributed by atoms with E-state index in [-0.39, 0.29) is 10.7 Å². The van der Waals surface area contributed by atoms with Crippen molar-refractivity contribution in [1.82, 2.24) is 5.32 Å². The molecule has 15 heavy (non-hydrogen) atoms. The van der Waals surface area contributed by atoms with Crippen molar-refractivity contribution in [3.8, 4) is 0 Å². The number of alkyl halides is 1. The van der Waals surface area contributed by atoms with Gasteiger partial charge in [0.15, 0.2) is 0 Å². The van der Waals surface area contributed by atoms with Crippen LogP contribution >= 0.6 is 15.9 Å². The Bertz CT molecular complexity index is 220. The van der Waals surface area contributed by atoms with E-state index in [1.165, 1.54) is 6.42 Å². The van der Waals surface area contributed by atoms with Gasteiger partial charge in [-0.25, -0.2) is 0 Å². The number of amides is 1. The second-order valence-corrected chi connectivity index (χ2v) is 5.95. The lowest BCUT2D eigenvalue weighted by molar-refractivity contribution is -0.121. The summed E-state index contributed by atoms with van der Waals surface area (Å²) in [6.07, 6.45) is 4.37. The van der Waals surface area contributed by atoms with Gasteiger partial charge < -0.3 is 5.32 Å². The Hall–Kier alpha value is -0.0500. The van der Waals surface area contributed by atoms with Crippen LogP contribution in [0.25, 0.3) is 0 Å². The molecule has 1 N–H and O–H groups in total. The molecular weight excluding hydrogens is 254 g/mol. The minimum Gasteiger partial charge on any atom is -0.352 e. The highest BCUT2D eigenvalue weighted by Gasteiger charge is 2.26. The number of carbonyl (C=O) groups excluding carboxylic acids is 1. The molecule has 3 heteroatoms. The lowest BCUT2D eigenvalue weighted by Crippen LogP contribution is -2.42. The maximum Gasteiger partial charge on any atom is 0.233 e. The number of hydrogen-bond acceptors (Lipinski definition) is 1. The standard InChI is InChI=1S/C12H22BrNO/c1-4-11(13)12(15)14-10-6-5-8(2)9(3)7-10/h8-11H,4-7H2,1-3H3,(H,14,15). The summed E-state index contributed by atoms with van der Waals surface area (Å²) in [5.74, 6) is 1.70. The van der Waals surface area contributed by atoms with E-state index in [2.05, 4.69) is 35.1 Å². The highest BCUT2D eigenvalue weighted by molar-refractivity contribution is 9.10. The highest BCUT2D eigenvalue weighted by atomic mass is 79.9. The Morgan fingerprint density at radius 3 is 2.60 bits per heavy atom. The van der Waals surface area contributed by atoms with Crippen LogP contribution in [0.4, 0.5) is 0 Å². The lowest BCUT2D eigenvalue weighted by Gasteiger charge is -2.32. The van der Waals surface area contributed by atoms with E-state index >= 15 is 0 Å². The average Bonchev–Trinajstić information content (AvgIpc) is 2.22. The Balaban J connectivity index is 2.36. The van der Waals surface area contributed by atoms with Gasteiger partial charge in [-0.15, -0.1) is 0 Å². The van der Waals surface area contributed by atoms with Crippen molar-refractivity contribution in [1.29, 1.82) is 0 Å². The third kappa shape index (κ3) is 3.78. The first kappa shape index (κ1) is 13.0. The number of rotatable bonds is 3. The predicted molar refractivity (Wildman–Crippen MR) is 67.1 cm³/mol. The molecule has 1 fully saturated rings. The normalized spacial score (nSPS) is 33.5. The van der Waals surface area contributed by atoms with Gasteiger partial charge in [0, 0.05) is 6.04 Å². The van der Waals surface area contributed by atoms with Gasteiger partial charge in [0.2, 0.25) is 5.91 Å². The zero-order valence-electron chi connectivity index (χ0n) is 9.92. The Labute approximate surface area is 101 Å². The molecule has 0 aromatic heterocycles. The van der Waals surface area contributed by atoms with E-state index in [9.17, 15) is 4.79 Å². The van der Waals surface area contributed by atoms with Crippen molar-refractivity contribution in [3.05, 3.63) is 0 Å². The van der Waals surface area contributed by atoms with Crippen LogP contribution in [0.2, 0.25) is 0 Å². The Morgan fingerprint density at radius 1 is 1.40 bits per heavy atom. The van der Waals surface area contributed by atoms with Gasteiger partial charge in [-0.2, -0.15) is 0 Å². The van der Waals surface area contributed by atoms with E-state index in [1.807, 2.05) is 6.92 Å². The topological polar surface area (TPSA) is 29.1 Å². The molecule has 1 rings (SSSR count). The fraction of sp³-hybridized carbons (Fsp3) is 0.917. The van der Waals surface area contributed by atoms with Crippen molar-refractivity contribution >= 4 is 21.8 Å². The summed E-state index contributed by atoms with van der Waals surface area (Å²) in [7, 11) is 0. The van der Waals surface area contributed by atoms with Crippen molar-refractivity contribution in [2.24, 2.45) is 11.8 Å². The molecule has 88 valence electrons. The van der Waals surface area contributed by atoms with Crippen LogP contribution in [0.3, 0.4) is 0 Å². The van der Waals surface area contributed by atoms with Gasteiger partial charge in [-0.05, 0) is 37.5 Å². The van der Waals surface area contributed by atoms with Crippen LogP contribution in [-0.2, 0) is 4.79 Å². The van der Waals surface area contributed by atoms with Crippen LogP contribution in [0.5, 0.6) is 0 Å². The van der Waals surface area contributed by atoms with Crippen molar-refractivity contribution < 1.29 is 4.79 Å². The first-order valence-corrected chi connectivity index (χ1v) is 6.90. The third-order valence-corrected chi connectivity index (χ3v) is 4.65. The van der Waals surface area contributed by atoms with Gasteiger partial charge >= 0.3 is 0 Å². The highest BCUT2D eigenvalue weighted by Crippen LogP contribution is 2.29. The fourth-order valence-electron chi connectivity index (χ4n) is 2.16. The monoisotopic (exact) mass is 275 g/mol. The van der Waals surface area contributed by atoms with Crippen LogP contribution in [0.15, 0.2) is 0 Å². The molecule has 0 aromatic rings. The first-order valence-electron chi connectivity index (χ1n) is 5.99. The van der Waals surface area contributed by atoms with Crippen LogP contribution in [0.1, 0.15) is 46.5 Å². The molecule has 1 amide bonds. The molecule has 0 saturated heterocycles. The molecule has 0 aromatic carbocycles. The molecule has 0 bridgehead atoms. The largest absolute Gasteiger partial charge is 0.352 e. The van der Waals surface area contributed by atoms with Crippen LogP contribution in [0, 0.1) is 11.8 Å². The summed E-state index contributed by atoms with van der Waals surface area (Å²) in [4.78, 5) is 11.7. The molecule has 1 aliphatic carbocycles. The Kier molecular flexibility index (Phi) is 5.10. The minimum atomic E-state index is -0.0212. The molecule has 4 unspecified atom stereocenters. The third-order valence-electron chi connectivity index (χ3n) is 3.59. The minimum absolute atomic E-state index is 0.0212. The quantitative estimate of drug-likeness (QED) is 0.788. The second kappa shape index (κ2) is 5.88. The van der Waals surface area contributed by atoms with E-state index in [0.29, 0.717) is 6.04 Å². The average molecular weight is 276 g/mol. The number of hydrogen-bond donors (Lipinski definition) is 1. The van der Waals surface area contributed by atoms with Gasteiger partial charge in [0.1, 0.15) is 0 Å². The summed E-state index contributed by atoms with van der Waals surface area (Å²) < 4.78 is 0. The zero-order chi connectivity index (χ0) is 11.4. The van der Waals surface area contributed by atoms with E-state index in [0.717, 1.165) is 31.1 Å². The van der Waals surface area contributed by atoms with Crippen LogP contribution < -0.4 is 5.32 Å². The van der Waals surface area contributed by atoms with Gasteiger partial charge in [0.05, 0.1) is 4.83 Å². The van der Waals surface area contributed by atoms with E-state index < -0.39 is 0 Å². The molecule has 0 heterocycles. The summed E-state index contributed by atoms with van der Waals surface area (Å²) >= 11 is 3.38. The molecule has 2 nitrogen and oxygen atoms in total. The summed E-state index contributed by atoms with van der Waals surface area (Å²) in [5, 5.41) is 3.13. The first-order chi connectivity index (χ1) is 7.04. The maximum atomic E-state index is 11.7. The maximum absolute atomic E-state index is 11.7. The van der Waals surface area contributed by atoms with Gasteiger partial charge in [-0.3, -0.25) is 4.79 Å². The smallest absolute Gasteiger partial charge is 0.233 e. The molecule has 0 aliphatic heterocycles. The second-order valence-electron chi connectivity index (χ2n) is 4.85. The summed E-state index contributed by atoms with van der Waals surface area (Å²) in [6.45, 7) is 6.61. The van der Waals surface area contributed by atoms with Crippen molar-refractivity contribution in [2.75, 3.05) is 0 Å². The summed E-state index contributed by atoms with van der Waals surface area (Å²) in [5.41, 5.74) is 0. The van der Waals surface area contributed by atoms with E-state index in [1.54, 1.807) is 0 Å². The van der Waals surface area contributed by atoms with Crippen molar-refractivity contribution in [3.63, 3.8) is 0 Å². The molecule has 0 radical (unpaired) electrons. The SMILES string of the molecule is CCC(Br)C(=O)NC1CCC(C)C(C)C1. The Morgan fingerprint density at radius 2 is 2.07 bits per heavy atom. The predicted octanol–water partition coefficient (Wildman–Crippen LogP) is 3.10. The number of nitrogens with one attached hydrogen (secondary N) is 1. The molecular formula is C12H22BrNO. The molecule has 1 saturated carbocycles. The molecule has 4 atom stereocenters. The van der Waals surface area contributed by atoms with Gasteiger partial charge in [0.25, 0.3) is 0 Å². The van der Waals surface area contributed by atoms with Crippen molar-refractivity contribution in [2.45, 2.75) is 57.3 Å². The summed E-state index contributed by atoms with van der Waals surface area (Å²) in [6, 6.07) is 0.398. The lowest BCUT2D eigenvalue weighted by atomic mass is 9.79. The number of halogens is 1.